The largest absolute Gasteiger partial charge is 0.311 e. The fourth-order valence-corrected chi connectivity index (χ4v) is 4.26. The van der Waals surface area contributed by atoms with Crippen molar-refractivity contribution in [2.45, 2.75) is 29.1 Å². The summed E-state index contributed by atoms with van der Waals surface area (Å²) in [4.78, 5) is 13.5. The minimum atomic E-state index is 0.506. The van der Waals surface area contributed by atoms with Gasteiger partial charge in [-0.3, -0.25) is 0 Å². The summed E-state index contributed by atoms with van der Waals surface area (Å²) in [7, 11) is 0. The molecule has 0 saturated heterocycles. The summed E-state index contributed by atoms with van der Waals surface area (Å²) in [5.41, 5.74) is 6.28. The molecule has 28 heavy (non-hydrogen) atoms. The number of benzene rings is 2. The second kappa shape index (κ2) is 8.95. The first kappa shape index (κ1) is 19.2. The summed E-state index contributed by atoms with van der Waals surface area (Å²) < 4.78 is 2.04. The molecule has 4 nitrogen and oxygen atoms in total. The zero-order chi connectivity index (χ0) is 19.3. The molecule has 0 fully saturated rings. The van der Waals surface area contributed by atoms with Crippen molar-refractivity contribution in [1.29, 1.82) is 0 Å². The first-order valence-corrected chi connectivity index (χ1v) is 10.9. The van der Waals surface area contributed by atoms with Crippen LogP contribution in [-0.4, -0.2) is 19.5 Å². The standard InChI is InChI=1S/C21H18Cl2N4S/c22-9-15-3-1-5-17(7-15)11-27-14-26-19-20(27)24-13-25-21(19)28-12-18-6-2-4-16(8-18)10-23/h1-8,13-14H,9-12H2. The summed E-state index contributed by atoms with van der Waals surface area (Å²) in [5, 5.41) is 0.884. The Balaban J connectivity index is 1.56. The molecule has 142 valence electrons. The Kier molecular flexibility index (Phi) is 6.15. The molecular weight excluding hydrogens is 411 g/mol. The molecule has 0 unspecified atom stereocenters. The number of thioether (sulfide) groups is 1. The molecule has 0 N–H and O–H groups in total. The third-order valence-corrected chi connectivity index (χ3v) is 6.05. The Morgan fingerprint density at radius 2 is 1.50 bits per heavy atom. The molecule has 0 bridgehead atoms. The highest BCUT2D eigenvalue weighted by Gasteiger charge is 2.11. The van der Waals surface area contributed by atoms with Crippen LogP contribution in [0.2, 0.25) is 0 Å². The molecule has 0 radical (unpaired) electrons. The highest BCUT2D eigenvalue weighted by molar-refractivity contribution is 7.98. The van der Waals surface area contributed by atoms with Crippen LogP contribution in [0, 0.1) is 0 Å². The van der Waals surface area contributed by atoms with Crippen molar-refractivity contribution in [3.8, 4) is 0 Å². The van der Waals surface area contributed by atoms with Crippen LogP contribution in [0.3, 0.4) is 0 Å². The molecule has 0 aliphatic rings. The average molecular weight is 429 g/mol. The van der Waals surface area contributed by atoms with E-state index >= 15 is 0 Å². The first-order valence-electron chi connectivity index (χ1n) is 8.83. The molecule has 2 aromatic heterocycles. The lowest BCUT2D eigenvalue weighted by Crippen LogP contribution is -2.00. The van der Waals surface area contributed by atoms with Crippen molar-refractivity contribution in [3.63, 3.8) is 0 Å². The van der Waals surface area contributed by atoms with Crippen molar-refractivity contribution >= 4 is 46.1 Å². The topological polar surface area (TPSA) is 43.6 Å². The third kappa shape index (κ3) is 4.32. The van der Waals surface area contributed by atoms with Crippen molar-refractivity contribution in [1.82, 2.24) is 19.5 Å². The van der Waals surface area contributed by atoms with Gasteiger partial charge in [0.2, 0.25) is 0 Å². The molecule has 0 spiro atoms. The smallest absolute Gasteiger partial charge is 0.164 e. The zero-order valence-electron chi connectivity index (χ0n) is 15.1. The number of imidazole rings is 1. The van der Waals surface area contributed by atoms with Gasteiger partial charge >= 0.3 is 0 Å². The van der Waals surface area contributed by atoms with E-state index < -0.39 is 0 Å². The van der Waals surface area contributed by atoms with Gasteiger partial charge in [-0.2, -0.15) is 0 Å². The van der Waals surface area contributed by atoms with Gasteiger partial charge in [0.15, 0.2) is 5.65 Å². The number of hydrogen-bond donors (Lipinski definition) is 0. The van der Waals surface area contributed by atoms with Crippen LogP contribution in [0.25, 0.3) is 11.2 Å². The predicted octanol–water partition coefficient (Wildman–Crippen LogP) is 5.64. The van der Waals surface area contributed by atoms with Crippen LogP contribution in [-0.2, 0) is 24.1 Å². The summed E-state index contributed by atoms with van der Waals surface area (Å²) in [6.45, 7) is 0.695. The lowest BCUT2D eigenvalue weighted by atomic mass is 10.1. The summed E-state index contributed by atoms with van der Waals surface area (Å²) >= 11 is 13.5. The Hall–Kier alpha value is -2.08. The van der Waals surface area contributed by atoms with Crippen LogP contribution in [0.1, 0.15) is 22.3 Å². The first-order chi connectivity index (χ1) is 13.8. The number of fused-ring (bicyclic) bond motifs is 1. The Morgan fingerprint density at radius 1 is 0.821 bits per heavy atom. The normalized spacial score (nSPS) is 11.2. The maximum absolute atomic E-state index is 5.95. The van der Waals surface area contributed by atoms with E-state index in [-0.39, 0.29) is 0 Å². The lowest BCUT2D eigenvalue weighted by Gasteiger charge is -2.06. The van der Waals surface area contributed by atoms with Crippen LogP contribution < -0.4 is 0 Å². The molecule has 0 aliphatic heterocycles. The summed E-state index contributed by atoms with van der Waals surface area (Å²) in [6.07, 6.45) is 3.43. The zero-order valence-corrected chi connectivity index (χ0v) is 17.4. The maximum Gasteiger partial charge on any atom is 0.164 e. The quantitative estimate of drug-likeness (QED) is 0.217. The number of aromatic nitrogens is 4. The molecule has 0 atom stereocenters. The average Bonchev–Trinajstić information content (AvgIpc) is 3.16. The van der Waals surface area contributed by atoms with Gasteiger partial charge in [-0.1, -0.05) is 60.3 Å². The monoisotopic (exact) mass is 428 g/mol. The molecule has 7 heteroatoms. The van der Waals surface area contributed by atoms with Gasteiger partial charge in [0, 0.05) is 17.5 Å². The molecular formula is C21H18Cl2N4S. The van der Waals surface area contributed by atoms with Crippen molar-refractivity contribution in [3.05, 3.63) is 83.4 Å². The van der Waals surface area contributed by atoms with E-state index in [0.29, 0.717) is 18.3 Å². The van der Waals surface area contributed by atoms with Crippen molar-refractivity contribution in [2.75, 3.05) is 0 Å². The number of halogens is 2. The van der Waals surface area contributed by atoms with E-state index in [1.165, 1.54) is 11.1 Å². The van der Waals surface area contributed by atoms with E-state index in [9.17, 15) is 0 Å². The van der Waals surface area contributed by atoms with Gasteiger partial charge < -0.3 is 4.57 Å². The van der Waals surface area contributed by atoms with E-state index in [1.54, 1.807) is 18.1 Å². The van der Waals surface area contributed by atoms with Crippen molar-refractivity contribution < 1.29 is 0 Å². The van der Waals surface area contributed by atoms with Crippen molar-refractivity contribution in [2.24, 2.45) is 0 Å². The van der Waals surface area contributed by atoms with E-state index in [4.69, 9.17) is 23.2 Å². The molecule has 2 heterocycles. The summed E-state index contributed by atoms with van der Waals surface area (Å²) in [6, 6.07) is 16.5. The Bertz CT molecular complexity index is 1100. The predicted molar refractivity (Wildman–Crippen MR) is 116 cm³/mol. The molecule has 0 amide bonds. The van der Waals surface area contributed by atoms with Crippen LogP contribution in [0.4, 0.5) is 0 Å². The third-order valence-electron chi connectivity index (χ3n) is 4.39. The van der Waals surface area contributed by atoms with Crippen LogP contribution in [0.5, 0.6) is 0 Å². The number of rotatable bonds is 7. The van der Waals surface area contributed by atoms with Gasteiger partial charge in [0.1, 0.15) is 16.9 Å². The lowest BCUT2D eigenvalue weighted by molar-refractivity contribution is 0.811. The highest BCUT2D eigenvalue weighted by Crippen LogP contribution is 2.27. The molecule has 0 saturated carbocycles. The fourth-order valence-electron chi connectivity index (χ4n) is 3.04. The van der Waals surface area contributed by atoms with Gasteiger partial charge in [0.25, 0.3) is 0 Å². The number of alkyl halides is 2. The molecule has 2 aromatic carbocycles. The van der Waals surface area contributed by atoms with Gasteiger partial charge in [-0.05, 0) is 22.3 Å². The number of nitrogens with zero attached hydrogens (tertiary/aromatic N) is 4. The molecule has 4 rings (SSSR count). The minimum Gasteiger partial charge on any atom is -0.311 e. The van der Waals surface area contributed by atoms with Gasteiger partial charge in [-0.25, -0.2) is 15.0 Å². The maximum atomic E-state index is 5.95. The summed E-state index contributed by atoms with van der Waals surface area (Å²) in [5.74, 6) is 1.83. The van der Waals surface area contributed by atoms with Gasteiger partial charge in [0.05, 0.1) is 12.9 Å². The van der Waals surface area contributed by atoms with E-state index in [0.717, 1.165) is 33.1 Å². The van der Waals surface area contributed by atoms with Gasteiger partial charge in [-0.15, -0.1) is 23.2 Å². The minimum absolute atomic E-state index is 0.506. The molecule has 4 aromatic rings. The Labute approximate surface area is 177 Å². The highest BCUT2D eigenvalue weighted by atomic mass is 35.5. The second-order valence-electron chi connectivity index (χ2n) is 6.42. The SMILES string of the molecule is ClCc1cccc(CSc2ncnc3c2ncn3Cc2cccc(CCl)c2)c1. The van der Waals surface area contributed by atoms with Crippen LogP contribution in [0.15, 0.2) is 66.2 Å². The second-order valence-corrected chi connectivity index (χ2v) is 7.92. The number of hydrogen-bond acceptors (Lipinski definition) is 4. The Morgan fingerprint density at radius 3 is 2.25 bits per heavy atom. The molecule has 0 aliphatic carbocycles. The van der Waals surface area contributed by atoms with E-state index in [2.05, 4.69) is 39.2 Å². The fraction of sp³-hybridized carbons (Fsp3) is 0.190. The van der Waals surface area contributed by atoms with E-state index in [1.807, 2.05) is 35.2 Å². The van der Waals surface area contributed by atoms with Crippen LogP contribution >= 0.6 is 35.0 Å².